The maximum absolute atomic E-state index is 13.5. The van der Waals surface area contributed by atoms with Crippen LogP contribution >= 0.6 is 0 Å². The number of esters is 1. The zero-order valence-corrected chi connectivity index (χ0v) is 20.3. The van der Waals surface area contributed by atoms with Crippen LogP contribution in [0, 0.1) is 11.8 Å². The van der Waals surface area contributed by atoms with Crippen LogP contribution in [0.25, 0.3) is 0 Å². The van der Waals surface area contributed by atoms with Crippen molar-refractivity contribution >= 4 is 23.9 Å². The summed E-state index contributed by atoms with van der Waals surface area (Å²) in [6.45, 7) is 9.71. The molecule has 9 nitrogen and oxygen atoms in total. The number of alkyl carbamates (subject to hydrolysis) is 1. The number of carbonyl (C=O) groups is 4. The molecule has 3 amide bonds. The zero-order valence-electron chi connectivity index (χ0n) is 20.3. The third kappa shape index (κ3) is 5.68. The summed E-state index contributed by atoms with van der Waals surface area (Å²) in [4.78, 5) is 53.5. The maximum atomic E-state index is 13.5. The first kappa shape index (κ1) is 25.1. The molecule has 0 radical (unpaired) electrons. The van der Waals surface area contributed by atoms with E-state index >= 15 is 0 Å². The second-order valence-corrected chi connectivity index (χ2v) is 10.2. The van der Waals surface area contributed by atoms with E-state index in [-0.39, 0.29) is 30.3 Å². The smallest absolute Gasteiger partial charge is 0.408 e. The second kappa shape index (κ2) is 9.73. The largest absolute Gasteiger partial charge is 0.464 e. The van der Waals surface area contributed by atoms with Crippen LogP contribution in [0.5, 0.6) is 0 Å². The summed E-state index contributed by atoms with van der Waals surface area (Å²) in [5, 5.41) is 5.63. The fourth-order valence-corrected chi connectivity index (χ4v) is 4.65. The second-order valence-electron chi connectivity index (χ2n) is 10.2. The minimum atomic E-state index is -1.06. The molecule has 5 atom stereocenters. The molecule has 2 fully saturated rings. The van der Waals surface area contributed by atoms with E-state index in [1.54, 1.807) is 32.6 Å². The summed E-state index contributed by atoms with van der Waals surface area (Å²) in [7, 11) is 0. The van der Waals surface area contributed by atoms with E-state index in [1.165, 1.54) is 0 Å². The van der Waals surface area contributed by atoms with Gasteiger partial charge in [-0.3, -0.25) is 9.59 Å². The Morgan fingerprint density at radius 1 is 1.27 bits per heavy atom. The molecule has 1 saturated heterocycles. The number of nitrogens with one attached hydrogen (secondary N) is 2. The maximum Gasteiger partial charge on any atom is 0.408 e. The number of amides is 3. The number of allylic oxidation sites excluding steroid dienone is 1. The molecule has 3 rings (SSSR count). The van der Waals surface area contributed by atoms with Crippen LogP contribution in [0.3, 0.4) is 0 Å². The van der Waals surface area contributed by atoms with Crippen LogP contribution in [-0.4, -0.2) is 65.2 Å². The number of fused-ring (bicyclic) bond motifs is 2. The van der Waals surface area contributed by atoms with Crippen LogP contribution in [0.4, 0.5) is 4.79 Å². The SMILES string of the molecule is CCOC(=O)[C@@]12C[C@H]1C=CCC[C@H](NC(=O)OC(C)(C)C)C(=O)N1C[C@H](CC)C[C@H]1C(=O)N2. The molecule has 0 aromatic carbocycles. The molecule has 0 unspecified atom stereocenters. The molecule has 184 valence electrons. The number of carbonyl (C=O) groups excluding carboxylic acids is 4. The highest BCUT2D eigenvalue weighted by Gasteiger charge is 2.62. The topological polar surface area (TPSA) is 114 Å². The van der Waals surface area contributed by atoms with Gasteiger partial charge in [-0.15, -0.1) is 0 Å². The highest BCUT2D eigenvalue weighted by atomic mass is 16.6. The van der Waals surface area contributed by atoms with E-state index in [0.29, 0.717) is 32.2 Å². The monoisotopic (exact) mass is 463 g/mol. The quantitative estimate of drug-likeness (QED) is 0.488. The standard InChI is InChI=1S/C24H37N3O6/c1-6-15-12-18-19(28)26-24(21(30)32-7-2)13-16(24)10-8-9-11-17(20(29)27(18)14-15)25-22(31)33-23(3,4)5/h8,10,15-18H,6-7,9,11-14H2,1-5H3,(H,25,31)(H,26,28)/t15-,16-,17+,18+,24-/m1/s1. The van der Waals surface area contributed by atoms with Crippen LogP contribution in [0.15, 0.2) is 12.2 Å². The Hall–Kier alpha value is -2.58. The highest BCUT2D eigenvalue weighted by Crippen LogP contribution is 2.46. The Morgan fingerprint density at radius 2 is 2.00 bits per heavy atom. The molecule has 0 spiro atoms. The number of hydrogen-bond acceptors (Lipinski definition) is 6. The number of hydrogen-bond donors (Lipinski definition) is 2. The van der Waals surface area contributed by atoms with E-state index < -0.39 is 35.3 Å². The van der Waals surface area contributed by atoms with Gasteiger partial charge >= 0.3 is 12.1 Å². The third-order valence-electron chi connectivity index (χ3n) is 6.53. The van der Waals surface area contributed by atoms with Crippen molar-refractivity contribution in [3.05, 3.63) is 12.2 Å². The molecule has 1 saturated carbocycles. The molecule has 3 aliphatic rings. The average molecular weight is 464 g/mol. The molecule has 33 heavy (non-hydrogen) atoms. The van der Waals surface area contributed by atoms with Gasteiger partial charge in [0.1, 0.15) is 23.2 Å². The Labute approximate surface area is 195 Å². The minimum Gasteiger partial charge on any atom is -0.464 e. The van der Waals surface area contributed by atoms with E-state index in [2.05, 4.69) is 10.6 Å². The van der Waals surface area contributed by atoms with Crippen LogP contribution in [0.2, 0.25) is 0 Å². The lowest BCUT2D eigenvalue weighted by atomic mass is 10.0. The predicted molar refractivity (Wildman–Crippen MR) is 121 cm³/mol. The van der Waals surface area contributed by atoms with Crippen LogP contribution in [-0.2, 0) is 23.9 Å². The van der Waals surface area contributed by atoms with E-state index in [0.717, 1.165) is 6.42 Å². The summed E-state index contributed by atoms with van der Waals surface area (Å²) < 4.78 is 10.6. The zero-order chi connectivity index (χ0) is 24.4. The van der Waals surface area contributed by atoms with Crippen molar-refractivity contribution in [2.24, 2.45) is 11.8 Å². The molecule has 0 bridgehead atoms. The predicted octanol–water partition coefficient (Wildman–Crippen LogP) is 2.29. The molecule has 2 N–H and O–H groups in total. The number of nitrogens with zero attached hydrogens (tertiary/aromatic N) is 1. The Balaban J connectivity index is 1.87. The van der Waals surface area contributed by atoms with Crippen molar-refractivity contribution in [1.82, 2.24) is 15.5 Å². The van der Waals surface area contributed by atoms with Gasteiger partial charge in [-0.25, -0.2) is 9.59 Å². The van der Waals surface area contributed by atoms with Crippen molar-refractivity contribution in [3.63, 3.8) is 0 Å². The summed E-state index contributed by atoms with van der Waals surface area (Å²) in [5.74, 6) is -1.06. The van der Waals surface area contributed by atoms with Gasteiger partial charge in [-0.1, -0.05) is 25.5 Å². The van der Waals surface area contributed by atoms with Crippen molar-refractivity contribution in [2.75, 3.05) is 13.2 Å². The van der Waals surface area contributed by atoms with Crippen LogP contribution < -0.4 is 10.6 Å². The fraction of sp³-hybridized carbons (Fsp3) is 0.750. The van der Waals surface area contributed by atoms with Gasteiger partial charge in [-0.05, 0) is 59.3 Å². The number of rotatable bonds is 4. The van der Waals surface area contributed by atoms with Gasteiger partial charge in [0, 0.05) is 12.5 Å². The average Bonchev–Trinajstić information content (AvgIpc) is 3.23. The van der Waals surface area contributed by atoms with Gasteiger partial charge in [0.15, 0.2) is 0 Å². The summed E-state index contributed by atoms with van der Waals surface area (Å²) >= 11 is 0. The van der Waals surface area contributed by atoms with Gasteiger partial charge in [0.2, 0.25) is 11.8 Å². The molecule has 9 heteroatoms. The van der Waals surface area contributed by atoms with E-state index in [9.17, 15) is 19.2 Å². The number of ether oxygens (including phenoxy) is 2. The fourth-order valence-electron chi connectivity index (χ4n) is 4.65. The lowest BCUT2D eigenvalue weighted by molar-refractivity contribution is -0.150. The normalized spacial score (nSPS) is 32.0. The molecule has 2 heterocycles. The van der Waals surface area contributed by atoms with Gasteiger partial charge < -0.3 is 25.0 Å². The molecular weight excluding hydrogens is 426 g/mol. The van der Waals surface area contributed by atoms with Crippen molar-refractivity contribution < 1.29 is 28.7 Å². The first-order chi connectivity index (χ1) is 15.5. The minimum absolute atomic E-state index is 0.148. The first-order valence-electron chi connectivity index (χ1n) is 12.0. The molecule has 2 aliphatic heterocycles. The summed E-state index contributed by atoms with van der Waals surface area (Å²) in [6, 6.07) is -1.50. The Bertz CT molecular complexity index is 820. The lowest BCUT2D eigenvalue weighted by Crippen LogP contribution is -2.57. The summed E-state index contributed by atoms with van der Waals surface area (Å²) in [6.07, 6.45) is 5.86. The highest BCUT2D eigenvalue weighted by molar-refractivity contribution is 5.96. The van der Waals surface area contributed by atoms with Gasteiger partial charge in [0.25, 0.3) is 0 Å². The Morgan fingerprint density at radius 3 is 2.64 bits per heavy atom. The lowest BCUT2D eigenvalue weighted by Gasteiger charge is -2.30. The van der Waals surface area contributed by atoms with Crippen molar-refractivity contribution in [1.29, 1.82) is 0 Å². The van der Waals surface area contributed by atoms with Gasteiger partial charge in [0.05, 0.1) is 6.61 Å². The molecule has 1 aliphatic carbocycles. The first-order valence-corrected chi connectivity index (χ1v) is 12.0. The third-order valence-corrected chi connectivity index (χ3v) is 6.53. The van der Waals surface area contributed by atoms with Gasteiger partial charge in [-0.2, -0.15) is 0 Å². The molecule has 0 aromatic rings. The Kier molecular flexibility index (Phi) is 7.39. The molecular formula is C24H37N3O6. The van der Waals surface area contributed by atoms with E-state index in [1.807, 2.05) is 19.1 Å². The van der Waals surface area contributed by atoms with Crippen molar-refractivity contribution in [2.45, 2.75) is 89.9 Å². The summed E-state index contributed by atoms with van der Waals surface area (Å²) in [5.41, 5.74) is -1.75. The van der Waals surface area contributed by atoms with E-state index in [4.69, 9.17) is 9.47 Å². The van der Waals surface area contributed by atoms with Crippen molar-refractivity contribution in [3.8, 4) is 0 Å². The van der Waals surface area contributed by atoms with Crippen LogP contribution in [0.1, 0.15) is 66.7 Å². The molecule has 0 aromatic heterocycles.